The van der Waals surface area contributed by atoms with Gasteiger partial charge in [0.15, 0.2) is 0 Å². The topological polar surface area (TPSA) is 38.9 Å². The standard InChI is InChI=1S/C9H12N2/c10-8-3-4-9-7(6-8)2-1-5-11-9/h1-2,5,8H,3-4,6,10H2. The zero-order valence-electron chi connectivity index (χ0n) is 6.46. The zero-order valence-corrected chi connectivity index (χ0v) is 6.46. The van der Waals surface area contributed by atoms with Crippen LogP contribution in [0.4, 0.5) is 0 Å². The molecule has 1 atom stereocenters. The molecule has 1 heterocycles. The fraction of sp³-hybridized carbons (Fsp3) is 0.444. The molecule has 58 valence electrons. The molecule has 2 heteroatoms. The van der Waals surface area contributed by atoms with E-state index in [4.69, 9.17) is 5.73 Å². The van der Waals surface area contributed by atoms with E-state index in [0.29, 0.717) is 6.04 Å². The van der Waals surface area contributed by atoms with Crippen LogP contribution in [0.1, 0.15) is 17.7 Å². The summed E-state index contributed by atoms with van der Waals surface area (Å²) in [6.45, 7) is 0. The molecule has 1 aliphatic rings. The van der Waals surface area contributed by atoms with E-state index in [-0.39, 0.29) is 0 Å². The second-order valence-electron chi connectivity index (χ2n) is 3.11. The number of aryl methyl sites for hydroxylation is 1. The first-order chi connectivity index (χ1) is 5.36. The van der Waals surface area contributed by atoms with Crippen LogP contribution in [0.5, 0.6) is 0 Å². The quantitative estimate of drug-likeness (QED) is 0.593. The lowest BCUT2D eigenvalue weighted by molar-refractivity contribution is 0.566. The van der Waals surface area contributed by atoms with Gasteiger partial charge in [0, 0.05) is 17.9 Å². The molecule has 0 bridgehead atoms. The zero-order chi connectivity index (χ0) is 7.68. The molecule has 2 rings (SSSR count). The molecule has 1 aromatic heterocycles. The van der Waals surface area contributed by atoms with Gasteiger partial charge in [0.25, 0.3) is 0 Å². The van der Waals surface area contributed by atoms with Crippen LogP contribution in [0.25, 0.3) is 0 Å². The van der Waals surface area contributed by atoms with Crippen LogP contribution >= 0.6 is 0 Å². The van der Waals surface area contributed by atoms with Crippen LogP contribution in [0.3, 0.4) is 0 Å². The van der Waals surface area contributed by atoms with Gasteiger partial charge in [-0.15, -0.1) is 0 Å². The van der Waals surface area contributed by atoms with Gasteiger partial charge in [0.2, 0.25) is 0 Å². The van der Waals surface area contributed by atoms with E-state index in [1.807, 2.05) is 12.3 Å². The third-order valence-electron chi connectivity index (χ3n) is 2.22. The van der Waals surface area contributed by atoms with Gasteiger partial charge in [-0.2, -0.15) is 0 Å². The van der Waals surface area contributed by atoms with E-state index in [0.717, 1.165) is 19.3 Å². The molecule has 1 unspecified atom stereocenters. The third-order valence-corrected chi connectivity index (χ3v) is 2.22. The maximum Gasteiger partial charge on any atom is 0.0436 e. The van der Waals surface area contributed by atoms with Gasteiger partial charge < -0.3 is 5.73 Å². The van der Waals surface area contributed by atoms with E-state index in [2.05, 4.69) is 11.1 Å². The fourth-order valence-corrected chi connectivity index (χ4v) is 1.59. The summed E-state index contributed by atoms with van der Waals surface area (Å²) in [5.74, 6) is 0. The summed E-state index contributed by atoms with van der Waals surface area (Å²) in [6.07, 6.45) is 5.00. The van der Waals surface area contributed by atoms with E-state index in [1.54, 1.807) is 0 Å². The highest BCUT2D eigenvalue weighted by atomic mass is 14.7. The number of nitrogens with two attached hydrogens (primary N) is 1. The number of aromatic nitrogens is 1. The summed E-state index contributed by atoms with van der Waals surface area (Å²) in [4.78, 5) is 4.30. The van der Waals surface area contributed by atoms with Crippen molar-refractivity contribution in [1.29, 1.82) is 0 Å². The Kier molecular flexibility index (Phi) is 1.62. The number of fused-ring (bicyclic) bond motifs is 1. The van der Waals surface area contributed by atoms with Crippen molar-refractivity contribution in [2.45, 2.75) is 25.3 Å². The minimum Gasteiger partial charge on any atom is -0.327 e. The highest BCUT2D eigenvalue weighted by Gasteiger charge is 2.14. The molecule has 2 nitrogen and oxygen atoms in total. The lowest BCUT2D eigenvalue weighted by Crippen LogP contribution is -2.28. The first-order valence-electron chi connectivity index (χ1n) is 4.04. The second-order valence-corrected chi connectivity index (χ2v) is 3.11. The molecule has 11 heavy (non-hydrogen) atoms. The van der Waals surface area contributed by atoms with Gasteiger partial charge in [0.1, 0.15) is 0 Å². The number of pyridine rings is 1. The van der Waals surface area contributed by atoms with Crippen molar-refractivity contribution in [3.05, 3.63) is 29.6 Å². The van der Waals surface area contributed by atoms with Crippen molar-refractivity contribution >= 4 is 0 Å². The average molecular weight is 148 g/mol. The lowest BCUT2D eigenvalue weighted by Gasteiger charge is -2.19. The largest absolute Gasteiger partial charge is 0.327 e. The molecule has 0 aliphatic heterocycles. The molecule has 0 aromatic carbocycles. The van der Waals surface area contributed by atoms with Gasteiger partial charge in [-0.05, 0) is 30.9 Å². The molecular weight excluding hydrogens is 136 g/mol. The van der Waals surface area contributed by atoms with Gasteiger partial charge in [-0.3, -0.25) is 4.98 Å². The van der Waals surface area contributed by atoms with E-state index < -0.39 is 0 Å². The first-order valence-corrected chi connectivity index (χ1v) is 4.04. The van der Waals surface area contributed by atoms with Crippen LogP contribution in [-0.4, -0.2) is 11.0 Å². The van der Waals surface area contributed by atoms with E-state index in [1.165, 1.54) is 11.3 Å². The number of hydrogen-bond donors (Lipinski definition) is 1. The monoisotopic (exact) mass is 148 g/mol. The molecule has 0 amide bonds. The van der Waals surface area contributed by atoms with Crippen molar-refractivity contribution in [2.75, 3.05) is 0 Å². The highest BCUT2D eigenvalue weighted by Crippen LogP contribution is 2.17. The molecule has 0 radical (unpaired) electrons. The average Bonchev–Trinajstić information content (AvgIpc) is 2.04. The Morgan fingerprint density at radius 1 is 1.55 bits per heavy atom. The van der Waals surface area contributed by atoms with Crippen molar-refractivity contribution in [1.82, 2.24) is 4.98 Å². The summed E-state index contributed by atoms with van der Waals surface area (Å²) in [6, 6.07) is 4.46. The van der Waals surface area contributed by atoms with Gasteiger partial charge in [-0.25, -0.2) is 0 Å². The molecule has 0 saturated heterocycles. The van der Waals surface area contributed by atoms with E-state index in [9.17, 15) is 0 Å². The predicted octanol–water partition coefficient (Wildman–Crippen LogP) is 0.898. The summed E-state index contributed by atoms with van der Waals surface area (Å²) < 4.78 is 0. The van der Waals surface area contributed by atoms with Crippen molar-refractivity contribution in [3.8, 4) is 0 Å². The van der Waals surface area contributed by atoms with Crippen LogP contribution in [0.2, 0.25) is 0 Å². The Balaban J connectivity index is 2.34. The van der Waals surface area contributed by atoms with Crippen molar-refractivity contribution in [3.63, 3.8) is 0 Å². The summed E-state index contributed by atoms with van der Waals surface area (Å²) in [7, 11) is 0. The number of hydrogen-bond acceptors (Lipinski definition) is 2. The van der Waals surface area contributed by atoms with Crippen LogP contribution in [0.15, 0.2) is 18.3 Å². The smallest absolute Gasteiger partial charge is 0.0436 e. The fourth-order valence-electron chi connectivity index (χ4n) is 1.59. The summed E-state index contributed by atoms with van der Waals surface area (Å²) in [5, 5.41) is 0. The van der Waals surface area contributed by atoms with Crippen LogP contribution < -0.4 is 5.73 Å². The number of nitrogens with zero attached hydrogens (tertiary/aromatic N) is 1. The molecule has 0 saturated carbocycles. The first kappa shape index (κ1) is 6.80. The molecule has 1 aromatic rings. The molecule has 2 N–H and O–H groups in total. The van der Waals surface area contributed by atoms with Gasteiger partial charge in [0.05, 0.1) is 0 Å². The minimum absolute atomic E-state index is 0.353. The Morgan fingerprint density at radius 2 is 2.45 bits per heavy atom. The predicted molar refractivity (Wildman–Crippen MR) is 44.2 cm³/mol. The van der Waals surface area contributed by atoms with Gasteiger partial charge >= 0.3 is 0 Å². The second kappa shape index (κ2) is 2.62. The number of rotatable bonds is 0. The van der Waals surface area contributed by atoms with Crippen LogP contribution in [-0.2, 0) is 12.8 Å². The van der Waals surface area contributed by atoms with Crippen molar-refractivity contribution < 1.29 is 0 Å². The van der Waals surface area contributed by atoms with Crippen molar-refractivity contribution in [2.24, 2.45) is 5.73 Å². The molecule has 1 aliphatic carbocycles. The normalized spacial score (nSPS) is 22.8. The SMILES string of the molecule is NC1CCc2ncccc2C1. The highest BCUT2D eigenvalue weighted by molar-refractivity contribution is 5.23. The van der Waals surface area contributed by atoms with Gasteiger partial charge in [-0.1, -0.05) is 6.07 Å². The lowest BCUT2D eigenvalue weighted by atomic mass is 9.93. The minimum atomic E-state index is 0.353. The molecule has 0 fully saturated rings. The Labute approximate surface area is 66.4 Å². The summed E-state index contributed by atoms with van der Waals surface area (Å²) in [5.41, 5.74) is 8.41. The van der Waals surface area contributed by atoms with Crippen LogP contribution in [0, 0.1) is 0 Å². The Hall–Kier alpha value is -0.890. The maximum atomic E-state index is 5.82. The summed E-state index contributed by atoms with van der Waals surface area (Å²) >= 11 is 0. The maximum absolute atomic E-state index is 5.82. The Morgan fingerprint density at radius 3 is 3.36 bits per heavy atom. The Bertz CT molecular complexity index is 257. The third kappa shape index (κ3) is 1.26. The molecule has 0 spiro atoms. The molecular formula is C9H12N2. The van der Waals surface area contributed by atoms with E-state index >= 15 is 0 Å².